The number of hydrogen-bond acceptors (Lipinski definition) is 4. The van der Waals surface area contributed by atoms with E-state index in [-0.39, 0.29) is 12.4 Å². The third-order valence-corrected chi connectivity index (χ3v) is 3.53. The molecule has 1 atom stereocenters. The molecule has 0 rings (SSSR count). The maximum atomic E-state index is 11.4. The van der Waals surface area contributed by atoms with Crippen molar-refractivity contribution in [2.24, 2.45) is 0 Å². The number of sulfonamides is 1. The summed E-state index contributed by atoms with van der Waals surface area (Å²) < 4.78 is 25.2. The summed E-state index contributed by atoms with van der Waals surface area (Å²) >= 11 is 0. The standard InChI is InChI=1S/C9H18N2O3S/c1-2-9(8-12)11-15(13,14)7-5-3-4-6-10/h9,11-12H,2-5,7-8H2,1H3. The van der Waals surface area contributed by atoms with Gasteiger partial charge in [0, 0.05) is 12.5 Å². The van der Waals surface area contributed by atoms with Crippen LogP contribution in [0.5, 0.6) is 0 Å². The molecule has 0 amide bonds. The van der Waals surface area contributed by atoms with Crippen LogP contribution in [0.25, 0.3) is 0 Å². The molecule has 0 aromatic rings. The lowest BCUT2D eigenvalue weighted by molar-refractivity contribution is 0.254. The third-order valence-electron chi connectivity index (χ3n) is 2.01. The molecule has 1 unspecified atom stereocenters. The van der Waals surface area contributed by atoms with E-state index in [9.17, 15) is 8.42 Å². The minimum absolute atomic E-state index is 0.0190. The van der Waals surface area contributed by atoms with E-state index in [0.717, 1.165) is 0 Å². The Labute approximate surface area is 91.2 Å². The molecule has 0 bridgehead atoms. The fourth-order valence-electron chi connectivity index (χ4n) is 1.06. The van der Waals surface area contributed by atoms with Crippen molar-refractivity contribution in [1.82, 2.24) is 4.72 Å². The SMILES string of the molecule is CCC(CO)NS(=O)(=O)CCCCC#N. The average Bonchev–Trinajstić information content (AvgIpc) is 2.21. The highest BCUT2D eigenvalue weighted by molar-refractivity contribution is 7.89. The quantitative estimate of drug-likeness (QED) is 0.594. The summed E-state index contributed by atoms with van der Waals surface area (Å²) in [7, 11) is -3.30. The number of aliphatic hydroxyl groups excluding tert-OH is 1. The van der Waals surface area contributed by atoms with Crippen LogP contribution in [0.15, 0.2) is 0 Å². The van der Waals surface area contributed by atoms with Crippen LogP contribution >= 0.6 is 0 Å². The first-order valence-corrected chi connectivity index (χ1v) is 6.68. The van der Waals surface area contributed by atoms with Crippen LogP contribution in [0, 0.1) is 11.3 Å². The van der Waals surface area contributed by atoms with Gasteiger partial charge in [-0.25, -0.2) is 13.1 Å². The number of nitriles is 1. The van der Waals surface area contributed by atoms with Gasteiger partial charge in [0.2, 0.25) is 10.0 Å². The van der Waals surface area contributed by atoms with Gasteiger partial charge in [0.25, 0.3) is 0 Å². The Morgan fingerprint density at radius 1 is 1.47 bits per heavy atom. The first-order chi connectivity index (χ1) is 7.05. The number of hydrogen-bond donors (Lipinski definition) is 2. The van der Waals surface area contributed by atoms with Gasteiger partial charge in [0.15, 0.2) is 0 Å². The highest BCUT2D eigenvalue weighted by Gasteiger charge is 2.14. The summed E-state index contributed by atoms with van der Waals surface area (Å²) in [6.07, 6.45) is 2.01. The second kappa shape index (κ2) is 7.63. The van der Waals surface area contributed by atoms with E-state index in [1.165, 1.54) is 0 Å². The Hall–Kier alpha value is -0.640. The van der Waals surface area contributed by atoms with Crippen LogP contribution in [0.4, 0.5) is 0 Å². The van der Waals surface area contributed by atoms with Gasteiger partial charge in [-0.15, -0.1) is 0 Å². The molecule has 0 saturated carbocycles. The second-order valence-corrected chi connectivity index (χ2v) is 5.21. The van der Waals surface area contributed by atoms with Gasteiger partial charge in [-0.05, 0) is 19.3 Å². The van der Waals surface area contributed by atoms with Gasteiger partial charge in [-0.1, -0.05) is 6.92 Å². The van der Waals surface area contributed by atoms with Crippen molar-refractivity contribution >= 4 is 10.0 Å². The van der Waals surface area contributed by atoms with Gasteiger partial charge in [-0.2, -0.15) is 5.26 Å². The van der Waals surface area contributed by atoms with Crippen molar-refractivity contribution in [3.05, 3.63) is 0 Å². The van der Waals surface area contributed by atoms with Crippen molar-refractivity contribution in [3.63, 3.8) is 0 Å². The maximum Gasteiger partial charge on any atom is 0.211 e. The van der Waals surface area contributed by atoms with Crippen LogP contribution < -0.4 is 4.72 Å². The van der Waals surface area contributed by atoms with Crippen LogP contribution in [-0.4, -0.2) is 31.9 Å². The monoisotopic (exact) mass is 234 g/mol. The topological polar surface area (TPSA) is 90.2 Å². The first kappa shape index (κ1) is 14.4. The minimum Gasteiger partial charge on any atom is -0.395 e. The van der Waals surface area contributed by atoms with Crippen LogP contribution in [0.2, 0.25) is 0 Å². The van der Waals surface area contributed by atoms with Crippen molar-refractivity contribution in [2.75, 3.05) is 12.4 Å². The molecule has 0 spiro atoms. The second-order valence-electron chi connectivity index (χ2n) is 3.34. The molecule has 0 fully saturated rings. The van der Waals surface area contributed by atoms with E-state index in [2.05, 4.69) is 4.72 Å². The lowest BCUT2D eigenvalue weighted by atomic mass is 10.3. The van der Waals surface area contributed by atoms with Crippen LogP contribution in [-0.2, 0) is 10.0 Å². The fourth-order valence-corrected chi connectivity index (χ4v) is 2.51. The normalized spacial score (nSPS) is 13.4. The Morgan fingerprint density at radius 2 is 2.13 bits per heavy atom. The molecule has 0 heterocycles. The smallest absolute Gasteiger partial charge is 0.211 e. The molecular formula is C9H18N2O3S. The Bertz CT molecular complexity index is 291. The lowest BCUT2D eigenvalue weighted by Crippen LogP contribution is -2.38. The molecule has 0 aromatic carbocycles. The zero-order chi connectivity index (χ0) is 11.7. The zero-order valence-corrected chi connectivity index (χ0v) is 9.76. The Balaban J connectivity index is 3.92. The van der Waals surface area contributed by atoms with Crippen molar-refractivity contribution < 1.29 is 13.5 Å². The summed E-state index contributed by atoms with van der Waals surface area (Å²) in [4.78, 5) is 0. The highest BCUT2D eigenvalue weighted by atomic mass is 32.2. The molecule has 2 N–H and O–H groups in total. The molecule has 5 nitrogen and oxygen atoms in total. The van der Waals surface area contributed by atoms with Crippen LogP contribution in [0.3, 0.4) is 0 Å². The average molecular weight is 234 g/mol. The predicted molar refractivity (Wildman–Crippen MR) is 57.6 cm³/mol. The molecule has 6 heteroatoms. The van der Waals surface area contributed by atoms with E-state index in [0.29, 0.717) is 25.7 Å². The molecule has 0 aliphatic rings. The molecular weight excluding hydrogens is 216 g/mol. The highest BCUT2D eigenvalue weighted by Crippen LogP contribution is 2.00. The van der Waals surface area contributed by atoms with E-state index in [1.807, 2.05) is 6.07 Å². The number of nitrogens with one attached hydrogen (secondary N) is 1. The molecule has 0 radical (unpaired) electrons. The first-order valence-electron chi connectivity index (χ1n) is 5.03. The van der Waals surface area contributed by atoms with E-state index in [1.54, 1.807) is 6.92 Å². The summed E-state index contributed by atoms with van der Waals surface area (Å²) in [6, 6.07) is 1.56. The third kappa shape index (κ3) is 7.31. The molecule has 0 aromatic heterocycles. The number of nitrogens with zero attached hydrogens (tertiary/aromatic N) is 1. The van der Waals surface area contributed by atoms with Crippen molar-refractivity contribution in [3.8, 4) is 6.07 Å². The molecule has 0 aliphatic carbocycles. The van der Waals surface area contributed by atoms with E-state index in [4.69, 9.17) is 10.4 Å². The number of unbranched alkanes of at least 4 members (excludes halogenated alkanes) is 2. The largest absolute Gasteiger partial charge is 0.395 e. The maximum absolute atomic E-state index is 11.4. The predicted octanol–water partition coefficient (Wildman–Crippen LogP) is 0.371. The van der Waals surface area contributed by atoms with Gasteiger partial charge in [0.05, 0.1) is 18.4 Å². The number of aliphatic hydroxyl groups is 1. The van der Waals surface area contributed by atoms with Crippen LogP contribution in [0.1, 0.15) is 32.6 Å². The molecule has 15 heavy (non-hydrogen) atoms. The Kier molecular flexibility index (Phi) is 7.30. The molecule has 0 saturated heterocycles. The lowest BCUT2D eigenvalue weighted by Gasteiger charge is -2.13. The zero-order valence-electron chi connectivity index (χ0n) is 8.94. The van der Waals surface area contributed by atoms with Gasteiger partial charge >= 0.3 is 0 Å². The van der Waals surface area contributed by atoms with Gasteiger partial charge < -0.3 is 5.11 Å². The summed E-state index contributed by atoms with van der Waals surface area (Å²) in [6.45, 7) is 1.62. The van der Waals surface area contributed by atoms with Gasteiger partial charge in [0.1, 0.15) is 0 Å². The van der Waals surface area contributed by atoms with Crippen molar-refractivity contribution in [2.45, 2.75) is 38.6 Å². The summed E-state index contributed by atoms with van der Waals surface area (Å²) in [5.74, 6) is 0.0190. The van der Waals surface area contributed by atoms with E-state index >= 15 is 0 Å². The minimum atomic E-state index is -3.30. The number of rotatable bonds is 8. The Morgan fingerprint density at radius 3 is 2.60 bits per heavy atom. The van der Waals surface area contributed by atoms with E-state index < -0.39 is 16.1 Å². The van der Waals surface area contributed by atoms with Crippen molar-refractivity contribution in [1.29, 1.82) is 5.26 Å². The van der Waals surface area contributed by atoms with Gasteiger partial charge in [-0.3, -0.25) is 0 Å². The molecule has 88 valence electrons. The molecule has 0 aliphatic heterocycles. The summed E-state index contributed by atoms with van der Waals surface area (Å²) in [5, 5.41) is 17.1. The summed E-state index contributed by atoms with van der Waals surface area (Å²) in [5.41, 5.74) is 0. The fraction of sp³-hybridized carbons (Fsp3) is 0.889.